The number of nitrogens with zero attached hydrogens (tertiary/aromatic N) is 4. The summed E-state index contributed by atoms with van der Waals surface area (Å²) in [5, 5.41) is 19.8. The summed E-state index contributed by atoms with van der Waals surface area (Å²) in [5.74, 6) is 1.96. The van der Waals surface area contributed by atoms with Gasteiger partial charge in [-0.25, -0.2) is 0 Å². The van der Waals surface area contributed by atoms with Crippen LogP contribution in [0, 0.1) is 17.0 Å². The molecule has 0 unspecified atom stereocenters. The van der Waals surface area contributed by atoms with Gasteiger partial charge in [0.2, 0.25) is 13.3 Å². The van der Waals surface area contributed by atoms with Gasteiger partial charge >= 0.3 is 0 Å². The van der Waals surface area contributed by atoms with Crippen molar-refractivity contribution in [3.05, 3.63) is 70.0 Å². The maximum absolute atomic E-state index is 11.3. The molecule has 3 aromatic rings. The lowest BCUT2D eigenvalue weighted by Gasteiger charge is -2.14. The van der Waals surface area contributed by atoms with E-state index in [9.17, 15) is 10.1 Å². The van der Waals surface area contributed by atoms with Gasteiger partial charge in [0, 0.05) is 10.6 Å². The lowest BCUT2D eigenvalue weighted by atomic mass is 10.1. The van der Waals surface area contributed by atoms with Gasteiger partial charge in [0.05, 0.1) is 0 Å². The summed E-state index contributed by atoms with van der Waals surface area (Å²) in [4.78, 5) is 10.9. The van der Waals surface area contributed by atoms with Gasteiger partial charge in [0.25, 0.3) is 0 Å². The first kappa shape index (κ1) is 17.3. The van der Waals surface area contributed by atoms with Crippen LogP contribution in [-0.4, -0.2) is 33.0 Å². The van der Waals surface area contributed by atoms with Crippen LogP contribution in [0.1, 0.15) is 16.6 Å². The fraction of sp³-hybridized carbons (Fsp3) is 0.222. The summed E-state index contributed by atoms with van der Waals surface area (Å²) in [5.41, 5.74) is 1.69. The first-order chi connectivity index (χ1) is 13.1. The summed E-state index contributed by atoms with van der Waals surface area (Å²) >= 11 is 1.31. The third-order valence-electron chi connectivity index (χ3n) is 4.14. The van der Waals surface area contributed by atoms with Crippen molar-refractivity contribution in [1.82, 2.24) is 14.8 Å². The molecule has 138 valence electrons. The first-order valence-electron chi connectivity index (χ1n) is 8.27. The zero-order chi connectivity index (χ0) is 18.8. The van der Waals surface area contributed by atoms with Crippen LogP contribution in [-0.2, 0) is 0 Å². The van der Waals surface area contributed by atoms with Crippen molar-refractivity contribution >= 4 is 11.8 Å². The quantitative estimate of drug-likeness (QED) is 0.365. The Morgan fingerprint density at radius 1 is 1.19 bits per heavy atom. The van der Waals surface area contributed by atoms with Gasteiger partial charge in [-0.1, -0.05) is 36.0 Å². The highest BCUT2D eigenvalue weighted by Crippen LogP contribution is 2.40. The molecule has 0 spiro atoms. The van der Waals surface area contributed by atoms with E-state index in [2.05, 4.69) is 10.2 Å². The van der Waals surface area contributed by atoms with Crippen molar-refractivity contribution in [3.63, 3.8) is 0 Å². The van der Waals surface area contributed by atoms with Gasteiger partial charge in [-0.15, -0.1) is 10.2 Å². The van der Waals surface area contributed by atoms with Gasteiger partial charge in [0.15, 0.2) is 16.7 Å². The van der Waals surface area contributed by atoms with Gasteiger partial charge < -0.3 is 9.47 Å². The summed E-state index contributed by atoms with van der Waals surface area (Å²) < 4.78 is 12.6. The second-order valence-corrected chi connectivity index (χ2v) is 7.11. The summed E-state index contributed by atoms with van der Waals surface area (Å²) in [6.45, 7) is 1.77. The Hall–Kier alpha value is -3.07. The topological polar surface area (TPSA) is 92.3 Å². The molecule has 4 rings (SSSR count). The molecule has 0 bridgehead atoms. The number of para-hydroxylation sites is 1. The Bertz CT molecular complexity index is 977. The highest BCUT2D eigenvalue weighted by atomic mass is 32.2. The van der Waals surface area contributed by atoms with Crippen LogP contribution in [0.5, 0.6) is 11.5 Å². The standard InChI is InChI=1S/C18H16N4O4S/c1-12-19-20-18(22(12)14-5-3-2-4-6-14)27-17(10-21(23)24)13-7-8-15-16(9-13)26-11-25-15/h2-9,17H,10-11H2,1H3/t17-/m0/s1. The predicted octanol–water partition coefficient (Wildman–Crippen LogP) is 3.41. The molecule has 27 heavy (non-hydrogen) atoms. The van der Waals surface area contributed by atoms with Gasteiger partial charge in [-0.2, -0.15) is 0 Å². The van der Waals surface area contributed by atoms with Crippen molar-refractivity contribution < 1.29 is 14.4 Å². The number of fused-ring (bicyclic) bond motifs is 1. The largest absolute Gasteiger partial charge is 0.454 e. The lowest BCUT2D eigenvalue weighted by Crippen LogP contribution is -2.11. The van der Waals surface area contributed by atoms with Crippen LogP contribution >= 0.6 is 11.8 Å². The minimum atomic E-state index is -0.444. The molecule has 1 aromatic heterocycles. The molecule has 0 N–H and O–H groups in total. The highest BCUT2D eigenvalue weighted by molar-refractivity contribution is 7.99. The third-order valence-corrected chi connectivity index (χ3v) is 5.32. The van der Waals surface area contributed by atoms with Crippen LogP contribution in [0.3, 0.4) is 0 Å². The molecule has 0 radical (unpaired) electrons. The number of hydrogen-bond donors (Lipinski definition) is 0. The fourth-order valence-electron chi connectivity index (χ4n) is 2.88. The van der Waals surface area contributed by atoms with Crippen molar-refractivity contribution in [2.45, 2.75) is 17.3 Å². The molecule has 9 heteroatoms. The highest BCUT2D eigenvalue weighted by Gasteiger charge is 2.25. The van der Waals surface area contributed by atoms with Crippen molar-refractivity contribution in [2.24, 2.45) is 0 Å². The summed E-state index contributed by atoms with van der Waals surface area (Å²) in [6, 6.07) is 15.1. The van der Waals surface area contributed by atoms with E-state index in [4.69, 9.17) is 9.47 Å². The Morgan fingerprint density at radius 2 is 1.96 bits per heavy atom. The Labute approximate surface area is 159 Å². The van der Waals surface area contributed by atoms with E-state index >= 15 is 0 Å². The molecule has 2 aromatic carbocycles. The molecule has 1 aliphatic rings. The maximum atomic E-state index is 11.3. The van der Waals surface area contributed by atoms with E-state index in [0.29, 0.717) is 22.5 Å². The molecule has 0 saturated heterocycles. The number of aryl methyl sites for hydroxylation is 1. The number of ether oxygens (including phenoxy) is 2. The SMILES string of the molecule is Cc1nnc(S[C@@H](C[N+](=O)[O-])c2ccc3c(c2)OCO3)n1-c1ccccc1. The van der Waals surface area contributed by atoms with Crippen LogP contribution in [0.4, 0.5) is 0 Å². The molecule has 0 fully saturated rings. The van der Waals surface area contributed by atoms with E-state index in [0.717, 1.165) is 11.3 Å². The zero-order valence-corrected chi connectivity index (χ0v) is 15.3. The fourth-order valence-corrected chi connectivity index (χ4v) is 4.04. The van der Waals surface area contributed by atoms with Crippen molar-refractivity contribution in [3.8, 4) is 17.2 Å². The average molecular weight is 384 g/mol. The Balaban J connectivity index is 1.68. The lowest BCUT2D eigenvalue weighted by molar-refractivity contribution is -0.479. The van der Waals surface area contributed by atoms with Crippen LogP contribution in [0.25, 0.3) is 5.69 Å². The van der Waals surface area contributed by atoms with Crippen LogP contribution < -0.4 is 9.47 Å². The summed E-state index contributed by atoms with van der Waals surface area (Å²) in [7, 11) is 0. The van der Waals surface area contributed by atoms with E-state index < -0.39 is 5.25 Å². The molecular weight excluding hydrogens is 368 g/mol. The monoisotopic (exact) mass is 384 g/mol. The minimum absolute atomic E-state index is 0.160. The number of hydrogen-bond acceptors (Lipinski definition) is 7. The van der Waals surface area contributed by atoms with Crippen molar-refractivity contribution in [2.75, 3.05) is 13.3 Å². The minimum Gasteiger partial charge on any atom is -0.454 e. The van der Waals surface area contributed by atoms with E-state index in [1.165, 1.54) is 11.8 Å². The van der Waals surface area contributed by atoms with Crippen LogP contribution in [0.2, 0.25) is 0 Å². The van der Waals surface area contributed by atoms with Gasteiger partial charge in [-0.3, -0.25) is 14.7 Å². The number of rotatable bonds is 6. The maximum Gasteiger partial charge on any atom is 0.231 e. The predicted molar refractivity (Wildman–Crippen MR) is 99.1 cm³/mol. The summed E-state index contributed by atoms with van der Waals surface area (Å²) in [6.07, 6.45) is 0. The number of benzene rings is 2. The molecule has 1 aliphatic heterocycles. The molecule has 0 amide bonds. The number of nitro groups is 1. The molecule has 1 atom stereocenters. The van der Waals surface area contributed by atoms with Gasteiger partial charge in [0.1, 0.15) is 11.1 Å². The number of thioether (sulfide) groups is 1. The van der Waals surface area contributed by atoms with E-state index in [1.54, 1.807) is 12.1 Å². The third kappa shape index (κ3) is 3.59. The zero-order valence-electron chi connectivity index (χ0n) is 14.4. The Kier molecular flexibility index (Phi) is 4.68. The first-order valence-corrected chi connectivity index (χ1v) is 9.15. The second-order valence-electron chi connectivity index (χ2n) is 5.94. The number of aromatic nitrogens is 3. The van der Waals surface area contributed by atoms with Crippen molar-refractivity contribution in [1.29, 1.82) is 0 Å². The molecule has 0 aliphatic carbocycles. The van der Waals surface area contributed by atoms with Crippen LogP contribution in [0.15, 0.2) is 53.7 Å². The molecule has 2 heterocycles. The average Bonchev–Trinajstić information content (AvgIpc) is 3.27. The Morgan fingerprint density at radius 3 is 2.74 bits per heavy atom. The molecule has 8 nitrogen and oxygen atoms in total. The van der Waals surface area contributed by atoms with Gasteiger partial charge in [-0.05, 0) is 36.8 Å². The molecule has 0 saturated carbocycles. The van der Waals surface area contributed by atoms with E-state index in [1.807, 2.05) is 47.9 Å². The molecular formula is C18H16N4O4S. The van der Waals surface area contributed by atoms with E-state index in [-0.39, 0.29) is 18.3 Å². The second kappa shape index (κ2) is 7.28. The normalized spacial score (nSPS) is 13.5. The smallest absolute Gasteiger partial charge is 0.231 e.